The molecule has 10 heavy (non-hydrogen) atoms. The van der Waals surface area contributed by atoms with Crippen molar-refractivity contribution in [3.63, 3.8) is 0 Å². The van der Waals surface area contributed by atoms with E-state index in [0.29, 0.717) is 0 Å². The Bertz CT molecular complexity index is 253. The van der Waals surface area contributed by atoms with Gasteiger partial charge in [-0.25, -0.2) is 0 Å². The van der Waals surface area contributed by atoms with E-state index >= 15 is 0 Å². The van der Waals surface area contributed by atoms with Crippen LogP contribution in [0.4, 0.5) is 11.4 Å². The number of nitrogens with one attached hydrogen (secondary N) is 1. The van der Waals surface area contributed by atoms with Crippen LogP contribution in [0.2, 0.25) is 0 Å². The summed E-state index contributed by atoms with van der Waals surface area (Å²) in [6.45, 7) is 0. The van der Waals surface area contributed by atoms with Crippen LogP contribution in [0, 0.1) is 0 Å². The summed E-state index contributed by atoms with van der Waals surface area (Å²) in [6.07, 6.45) is 0. The molecular weight excluding hydrogens is 148 g/mol. The van der Waals surface area contributed by atoms with E-state index in [0.717, 1.165) is 28.0 Å². The highest BCUT2D eigenvalue weighted by molar-refractivity contribution is 8.02. The van der Waals surface area contributed by atoms with Gasteiger partial charge in [0.25, 0.3) is 0 Å². The van der Waals surface area contributed by atoms with E-state index in [1.54, 1.807) is 0 Å². The zero-order valence-electron chi connectivity index (χ0n) is 5.11. The van der Waals surface area contributed by atoms with Crippen LogP contribution in [0.25, 0.3) is 0 Å². The molecule has 1 aromatic rings. The summed E-state index contributed by atoms with van der Waals surface area (Å²) < 4.78 is 4.05. The van der Waals surface area contributed by atoms with Crippen molar-refractivity contribution < 1.29 is 5.21 Å². The van der Waals surface area contributed by atoms with Gasteiger partial charge < -0.3 is 4.72 Å². The molecule has 0 atom stereocenters. The van der Waals surface area contributed by atoms with Crippen LogP contribution in [-0.2, 0) is 0 Å². The SMILES string of the molecule is ON1SNc2ccccc21. The van der Waals surface area contributed by atoms with Gasteiger partial charge in [0.15, 0.2) is 0 Å². The summed E-state index contributed by atoms with van der Waals surface area (Å²) in [7, 11) is 0. The van der Waals surface area contributed by atoms with Crippen molar-refractivity contribution in [2.24, 2.45) is 0 Å². The van der Waals surface area contributed by atoms with E-state index in [1.807, 2.05) is 24.3 Å². The highest BCUT2D eigenvalue weighted by atomic mass is 32.2. The van der Waals surface area contributed by atoms with Crippen molar-refractivity contribution in [3.8, 4) is 0 Å². The highest BCUT2D eigenvalue weighted by Gasteiger charge is 2.16. The van der Waals surface area contributed by atoms with Crippen LogP contribution in [0.15, 0.2) is 24.3 Å². The maximum Gasteiger partial charge on any atom is 0.102 e. The van der Waals surface area contributed by atoms with Crippen molar-refractivity contribution in [2.45, 2.75) is 0 Å². The van der Waals surface area contributed by atoms with E-state index in [-0.39, 0.29) is 0 Å². The standard InChI is InChI=1S/C6H6N2OS/c9-8-6-4-2-1-3-5(6)7-10-8/h1-4,7,9H. The highest BCUT2D eigenvalue weighted by Crippen LogP contribution is 2.36. The topological polar surface area (TPSA) is 35.5 Å². The molecule has 0 amide bonds. The Morgan fingerprint density at radius 3 is 3.00 bits per heavy atom. The van der Waals surface area contributed by atoms with E-state index in [2.05, 4.69) is 4.72 Å². The fourth-order valence-electron chi connectivity index (χ4n) is 0.868. The lowest BCUT2D eigenvalue weighted by atomic mass is 10.3. The molecule has 52 valence electrons. The lowest BCUT2D eigenvalue weighted by Gasteiger charge is -2.02. The third kappa shape index (κ3) is 0.732. The van der Waals surface area contributed by atoms with Crippen LogP contribution in [0.5, 0.6) is 0 Å². The Balaban J connectivity index is 2.51. The average molecular weight is 154 g/mol. The molecule has 1 aromatic carbocycles. The number of anilines is 2. The first kappa shape index (κ1) is 5.88. The third-order valence-corrected chi connectivity index (χ3v) is 2.03. The number of benzene rings is 1. The molecule has 0 aromatic heterocycles. The minimum atomic E-state index is 0.813. The van der Waals surface area contributed by atoms with Gasteiger partial charge in [0.2, 0.25) is 0 Å². The molecular formula is C6H6N2OS. The molecule has 0 fully saturated rings. The molecule has 0 unspecified atom stereocenters. The Morgan fingerprint density at radius 2 is 2.20 bits per heavy atom. The first-order chi connectivity index (χ1) is 4.88. The van der Waals surface area contributed by atoms with Crippen molar-refractivity contribution in [2.75, 3.05) is 9.19 Å². The molecule has 0 spiro atoms. The quantitative estimate of drug-likeness (QED) is 0.559. The Labute approximate surface area is 62.9 Å². The fourth-order valence-corrected chi connectivity index (χ4v) is 1.48. The number of rotatable bonds is 0. The summed E-state index contributed by atoms with van der Waals surface area (Å²) in [6, 6.07) is 7.57. The normalized spacial score (nSPS) is 14.7. The monoisotopic (exact) mass is 154 g/mol. The smallest absolute Gasteiger partial charge is 0.102 e. The molecule has 1 aliphatic heterocycles. The second-order valence-corrected chi connectivity index (χ2v) is 2.72. The second-order valence-electron chi connectivity index (χ2n) is 1.98. The molecule has 2 N–H and O–H groups in total. The Hall–Kier alpha value is -0.870. The van der Waals surface area contributed by atoms with Gasteiger partial charge in [0.1, 0.15) is 5.69 Å². The van der Waals surface area contributed by atoms with Gasteiger partial charge in [0, 0.05) is 0 Å². The predicted octanol–water partition coefficient (Wildman–Crippen LogP) is 1.87. The third-order valence-electron chi connectivity index (χ3n) is 1.35. The van der Waals surface area contributed by atoms with Crippen molar-refractivity contribution in [1.82, 2.24) is 0 Å². The van der Waals surface area contributed by atoms with Crippen molar-refractivity contribution in [3.05, 3.63) is 24.3 Å². The molecule has 0 bridgehead atoms. The minimum Gasteiger partial charge on any atom is -0.308 e. The van der Waals surface area contributed by atoms with Crippen molar-refractivity contribution >= 4 is 23.5 Å². The van der Waals surface area contributed by atoms with Gasteiger partial charge in [-0.2, -0.15) is 4.47 Å². The van der Waals surface area contributed by atoms with Crippen LogP contribution in [0.3, 0.4) is 0 Å². The van der Waals surface area contributed by atoms with Gasteiger partial charge in [-0.1, -0.05) is 12.1 Å². The first-order valence-electron chi connectivity index (χ1n) is 2.89. The van der Waals surface area contributed by atoms with Gasteiger partial charge >= 0.3 is 0 Å². The number of hydrogen-bond donors (Lipinski definition) is 2. The average Bonchev–Trinajstić information content (AvgIpc) is 2.34. The summed E-state index contributed by atoms with van der Waals surface area (Å²) in [4.78, 5) is 0. The summed E-state index contributed by atoms with van der Waals surface area (Å²) >= 11 is 1.16. The summed E-state index contributed by atoms with van der Waals surface area (Å²) in [5.41, 5.74) is 1.77. The van der Waals surface area contributed by atoms with E-state index in [9.17, 15) is 0 Å². The number of nitrogens with zero attached hydrogens (tertiary/aromatic N) is 1. The van der Waals surface area contributed by atoms with Crippen LogP contribution in [0.1, 0.15) is 0 Å². The molecule has 2 rings (SSSR count). The molecule has 1 heterocycles. The van der Waals surface area contributed by atoms with E-state index < -0.39 is 0 Å². The van der Waals surface area contributed by atoms with Crippen molar-refractivity contribution in [1.29, 1.82) is 0 Å². The predicted molar refractivity (Wildman–Crippen MR) is 41.9 cm³/mol. The second kappa shape index (κ2) is 2.07. The van der Waals surface area contributed by atoms with Crippen LogP contribution in [-0.4, -0.2) is 5.21 Å². The molecule has 1 aliphatic rings. The molecule has 0 saturated heterocycles. The van der Waals surface area contributed by atoms with E-state index in [1.165, 1.54) is 0 Å². The largest absolute Gasteiger partial charge is 0.308 e. The zero-order chi connectivity index (χ0) is 6.97. The van der Waals surface area contributed by atoms with E-state index in [4.69, 9.17) is 5.21 Å². The Kier molecular flexibility index (Phi) is 1.22. The number of hydrogen-bond acceptors (Lipinski definition) is 4. The molecule has 0 radical (unpaired) electrons. The van der Waals surface area contributed by atoms with Gasteiger partial charge in [0.05, 0.1) is 17.8 Å². The Morgan fingerprint density at radius 1 is 1.40 bits per heavy atom. The first-order valence-corrected chi connectivity index (χ1v) is 3.66. The number of para-hydroxylation sites is 2. The molecule has 3 nitrogen and oxygen atoms in total. The zero-order valence-corrected chi connectivity index (χ0v) is 5.93. The lowest BCUT2D eigenvalue weighted by Crippen LogP contribution is -2.01. The fraction of sp³-hybridized carbons (Fsp3) is 0. The molecule has 4 heteroatoms. The molecule has 0 saturated carbocycles. The maximum absolute atomic E-state index is 9.12. The maximum atomic E-state index is 9.12. The van der Waals surface area contributed by atoms with Gasteiger partial charge in [-0.05, 0) is 12.1 Å². The van der Waals surface area contributed by atoms with Crippen LogP contribution >= 0.6 is 12.1 Å². The summed E-state index contributed by atoms with van der Waals surface area (Å²) in [5, 5.41) is 9.12. The lowest BCUT2D eigenvalue weighted by molar-refractivity contribution is 0.334. The summed E-state index contributed by atoms with van der Waals surface area (Å²) in [5.74, 6) is 0. The minimum absolute atomic E-state index is 0.813. The van der Waals surface area contributed by atoms with Crippen LogP contribution < -0.4 is 9.19 Å². The molecule has 0 aliphatic carbocycles. The number of fused-ring (bicyclic) bond motifs is 1. The van der Waals surface area contributed by atoms with Gasteiger partial charge in [-0.3, -0.25) is 5.21 Å². The van der Waals surface area contributed by atoms with Gasteiger partial charge in [-0.15, -0.1) is 0 Å².